The summed E-state index contributed by atoms with van der Waals surface area (Å²) >= 11 is 0. The molecule has 0 N–H and O–H groups in total. The van der Waals surface area contributed by atoms with Gasteiger partial charge in [-0.25, -0.2) is 8.78 Å². The van der Waals surface area contributed by atoms with Gasteiger partial charge in [0.25, 0.3) is 0 Å². The second-order valence-corrected chi connectivity index (χ2v) is 28.2. The van der Waals surface area contributed by atoms with Gasteiger partial charge in [-0.1, -0.05) is 219 Å². The molecule has 2 unspecified atom stereocenters. The predicted molar refractivity (Wildman–Crippen MR) is 444 cm³/mol. The largest absolute Gasteiger partial charge is 0.457 e. The van der Waals surface area contributed by atoms with Crippen LogP contribution in [0.15, 0.2) is 386 Å². The predicted octanol–water partition coefficient (Wildman–Crippen LogP) is 28.0. The van der Waals surface area contributed by atoms with Gasteiger partial charge in [0.1, 0.15) is 57.0 Å². The summed E-state index contributed by atoms with van der Waals surface area (Å²) in [4.78, 5) is 4.65. The first kappa shape index (κ1) is 65.2. The molecule has 16 aromatic carbocycles. The van der Waals surface area contributed by atoms with Crippen LogP contribution in [0.25, 0.3) is 89.4 Å². The molecule has 0 aliphatic heterocycles. The Morgan fingerprint density at radius 2 is 0.564 bits per heavy atom. The SMILES string of the molecule is C=Cc1ccc(Oc2ccc(C3(c4ccc(F)cc4)c4ccccc4-c4ccc(N(c5ccc(-c6ccc(N(c7ccc8c(c7)C(c7ccc(F)cc7)(c7ccc(Oc9ccc(C=C)cc9)cc7)c7ccccc7-8)c7ccc8oc9ccccc9c8c7)cc6)cc5)c5ccc6oc7ccccc7c6c5)cc43)cc2)cc1. The van der Waals surface area contributed by atoms with Crippen LogP contribution in [-0.2, 0) is 10.8 Å². The molecular weight excluding hydrogens is 1360 g/mol. The van der Waals surface area contributed by atoms with E-state index in [1.54, 1.807) is 24.3 Å². The smallest absolute Gasteiger partial charge is 0.135 e. The highest BCUT2D eigenvalue weighted by molar-refractivity contribution is 6.08. The molecular formula is C102H66F2N2O4. The minimum absolute atomic E-state index is 0.311. The Balaban J connectivity index is 0.705. The fourth-order valence-electron chi connectivity index (χ4n) is 17.2. The number of hydrogen-bond acceptors (Lipinski definition) is 6. The monoisotopic (exact) mass is 1420 g/mol. The minimum Gasteiger partial charge on any atom is -0.457 e. The second-order valence-electron chi connectivity index (χ2n) is 28.2. The van der Waals surface area contributed by atoms with Gasteiger partial charge in [-0.3, -0.25) is 0 Å². The van der Waals surface area contributed by atoms with Crippen molar-refractivity contribution in [1.29, 1.82) is 0 Å². The van der Waals surface area contributed by atoms with Crippen molar-refractivity contribution in [2.75, 3.05) is 9.80 Å². The molecule has 0 bridgehead atoms. The molecule has 0 saturated carbocycles. The molecule has 20 rings (SSSR count). The Hall–Kier alpha value is -14.3. The number of benzene rings is 16. The minimum atomic E-state index is -0.882. The van der Waals surface area contributed by atoms with Gasteiger partial charge in [0.2, 0.25) is 0 Å². The van der Waals surface area contributed by atoms with Crippen LogP contribution in [0.5, 0.6) is 23.0 Å². The highest BCUT2D eigenvalue weighted by Crippen LogP contribution is 2.60. The average Bonchev–Trinajstić information content (AvgIpc) is 1.53. The van der Waals surface area contributed by atoms with Crippen LogP contribution in [-0.4, -0.2) is 0 Å². The van der Waals surface area contributed by atoms with E-state index in [-0.39, 0.29) is 11.6 Å². The van der Waals surface area contributed by atoms with Gasteiger partial charge in [-0.2, -0.15) is 0 Å². The molecule has 0 fully saturated rings. The Kier molecular flexibility index (Phi) is 15.6. The first-order chi connectivity index (χ1) is 54.2. The number of anilines is 6. The Bertz CT molecular complexity index is 6220. The Morgan fingerprint density at radius 1 is 0.264 bits per heavy atom. The van der Waals surface area contributed by atoms with Crippen LogP contribution in [0.4, 0.5) is 42.9 Å². The summed E-state index contributed by atoms with van der Waals surface area (Å²) in [5, 5.41) is 4.05. The number of furan rings is 2. The van der Waals surface area contributed by atoms with Crippen LogP contribution < -0.4 is 19.3 Å². The molecule has 6 nitrogen and oxygen atoms in total. The van der Waals surface area contributed by atoms with Gasteiger partial charge in [-0.15, -0.1) is 0 Å². The number of rotatable bonds is 17. The molecule has 0 saturated heterocycles. The van der Waals surface area contributed by atoms with Crippen molar-refractivity contribution in [1.82, 2.24) is 0 Å². The van der Waals surface area contributed by atoms with E-state index in [0.29, 0.717) is 23.0 Å². The molecule has 2 aliphatic rings. The lowest BCUT2D eigenvalue weighted by molar-refractivity contribution is 0.482. The maximum absolute atomic E-state index is 15.3. The van der Waals surface area contributed by atoms with E-state index in [9.17, 15) is 0 Å². The standard InChI is InChI=1S/C102H66F2N2O4/c1-3-65-21-49-81(50-22-65)107-83-53-33-71(34-54-83)101(69-29-37-73(103)38-30-69)93-17-9-5-13-85(93)87-57-45-79(63-95(87)101)105(77-47-59-99-91(61-77)89-15-7-11-19-97(89)109-99)75-41-25-67(26-42-75)68-27-43-76(44-28-68)106(78-48-60-100-92(62-78)90-16-8-12-20-98(90)110-100)80-46-58-88-86-14-6-10-18-94(86)102(96(88)64-80,70-31-39-74(104)40-32-70)72-35-55-84(56-36-72)108-82-51-23-66(4-2)24-52-82/h3-64H,1-2H2. The van der Waals surface area contributed by atoms with Crippen molar-refractivity contribution < 1.29 is 27.1 Å². The number of hydrogen-bond donors (Lipinski definition) is 0. The summed E-state index contributed by atoms with van der Waals surface area (Å²) < 4.78 is 56.5. The summed E-state index contributed by atoms with van der Waals surface area (Å²) in [6.07, 6.45) is 3.63. The molecule has 522 valence electrons. The van der Waals surface area contributed by atoms with Crippen molar-refractivity contribution in [3.8, 4) is 56.4 Å². The van der Waals surface area contributed by atoms with Gasteiger partial charge in [0.05, 0.1) is 10.8 Å². The highest BCUT2D eigenvalue weighted by atomic mass is 19.1. The summed E-state index contributed by atoms with van der Waals surface area (Å²) in [5.74, 6) is 2.19. The molecule has 2 heterocycles. The van der Waals surface area contributed by atoms with E-state index in [1.807, 2.05) is 133 Å². The van der Waals surface area contributed by atoms with Crippen molar-refractivity contribution in [3.05, 3.63) is 444 Å². The van der Waals surface area contributed by atoms with Crippen LogP contribution in [0, 0.1) is 11.6 Å². The fourth-order valence-corrected chi connectivity index (χ4v) is 17.2. The van der Waals surface area contributed by atoms with Crippen LogP contribution in [0.3, 0.4) is 0 Å². The van der Waals surface area contributed by atoms with E-state index in [2.05, 4.69) is 241 Å². The first-order valence-electron chi connectivity index (χ1n) is 36.8. The number of nitrogens with zero attached hydrogens (tertiary/aromatic N) is 2. The highest BCUT2D eigenvalue weighted by Gasteiger charge is 2.48. The molecule has 0 amide bonds. The number of halogens is 2. The molecule has 110 heavy (non-hydrogen) atoms. The number of fused-ring (bicyclic) bond motifs is 12. The fraction of sp³-hybridized carbons (Fsp3) is 0.0196. The lowest BCUT2D eigenvalue weighted by Gasteiger charge is -2.35. The summed E-state index contributed by atoms with van der Waals surface area (Å²) in [6, 6.07) is 124. The zero-order chi connectivity index (χ0) is 73.6. The summed E-state index contributed by atoms with van der Waals surface area (Å²) in [7, 11) is 0. The maximum atomic E-state index is 15.3. The lowest BCUT2D eigenvalue weighted by atomic mass is 9.67. The Labute approximate surface area is 634 Å². The molecule has 0 spiro atoms. The average molecular weight is 1420 g/mol. The zero-order valence-corrected chi connectivity index (χ0v) is 59.5. The van der Waals surface area contributed by atoms with E-state index in [4.69, 9.17) is 18.3 Å². The number of ether oxygens (including phenoxy) is 2. The molecule has 8 heteroatoms. The first-order valence-corrected chi connectivity index (χ1v) is 36.8. The summed E-state index contributed by atoms with van der Waals surface area (Å²) in [5.41, 5.74) is 23.7. The lowest BCUT2D eigenvalue weighted by Crippen LogP contribution is -2.28. The molecule has 2 aromatic heterocycles. The molecule has 2 atom stereocenters. The van der Waals surface area contributed by atoms with Crippen molar-refractivity contribution in [2.24, 2.45) is 0 Å². The molecule has 0 radical (unpaired) electrons. The van der Waals surface area contributed by atoms with E-state index in [0.717, 1.165) is 167 Å². The van der Waals surface area contributed by atoms with Gasteiger partial charge >= 0.3 is 0 Å². The second kappa shape index (κ2) is 26.3. The van der Waals surface area contributed by atoms with Crippen LogP contribution in [0.2, 0.25) is 0 Å². The molecule has 18 aromatic rings. The number of para-hydroxylation sites is 2. The van der Waals surface area contributed by atoms with Gasteiger partial charge in [-0.05, 0) is 259 Å². The quantitative estimate of drug-likeness (QED) is 0.0906. The third-order valence-corrected chi connectivity index (χ3v) is 22.2. The van der Waals surface area contributed by atoms with Gasteiger partial charge in [0.15, 0.2) is 0 Å². The summed E-state index contributed by atoms with van der Waals surface area (Å²) in [6.45, 7) is 7.84. The van der Waals surface area contributed by atoms with Crippen LogP contribution in [0.1, 0.15) is 55.6 Å². The van der Waals surface area contributed by atoms with Crippen LogP contribution >= 0.6 is 0 Å². The van der Waals surface area contributed by atoms with Gasteiger partial charge < -0.3 is 28.1 Å². The van der Waals surface area contributed by atoms with Crippen molar-refractivity contribution in [2.45, 2.75) is 10.8 Å². The molecule has 2 aliphatic carbocycles. The third kappa shape index (κ3) is 10.7. The normalized spacial score (nSPS) is 14.6. The van der Waals surface area contributed by atoms with Gasteiger partial charge in [0, 0.05) is 55.7 Å². The van der Waals surface area contributed by atoms with Crippen molar-refractivity contribution in [3.63, 3.8) is 0 Å². The zero-order valence-electron chi connectivity index (χ0n) is 59.5. The maximum Gasteiger partial charge on any atom is 0.135 e. The van der Waals surface area contributed by atoms with E-state index in [1.165, 1.54) is 0 Å². The Morgan fingerprint density at radius 3 is 0.945 bits per heavy atom. The topological polar surface area (TPSA) is 51.2 Å². The van der Waals surface area contributed by atoms with E-state index >= 15 is 8.78 Å². The van der Waals surface area contributed by atoms with E-state index < -0.39 is 10.8 Å². The van der Waals surface area contributed by atoms with Crippen molar-refractivity contribution >= 4 is 90.2 Å². The third-order valence-electron chi connectivity index (χ3n) is 22.2.